The lowest BCUT2D eigenvalue weighted by Crippen LogP contribution is -2.13. The largest absolute Gasteiger partial charge is 0.378 e. The molecule has 3 aromatic rings. The molecular formula is C22H12BrCl2N3O6S. The van der Waals surface area contributed by atoms with Gasteiger partial charge in [0, 0.05) is 17.8 Å². The first-order valence-electron chi connectivity index (χ1n) is 9.37. The van der Waals surface area contributed by atoms with Gasteiger partial charge in [-0.25, -0.2) is 0 Å². The zero-order valence-electron chi connectivity index (χ0n) is 17.2. The van der Waals surface area contributed by atoms with Crippen LogP contribution in [0.25, 0.3) is 6.08 Å². The van der Waals surface area contributed by atoms with Crippen LogP contribution in [0, 0.1) is 21.4 Å². The van der Waals surface area contributed by atoms with E-state index in [0.29, 0.717) is 16.3 Å². The molecule has 3 aromatic carbocycles. The highest BCUT2D eigenvalue weighted by atomic mass is 79.9. The number of non-ortho nitro benzene ring substituents is 1. The first-order chi connectivity index (χ1) is 16.5. The number of halogens is 3. The lowest BCUT2D eigenvalue weighted by molar-refractivity contribution is -0.384. The van der Waals surface area contributed by atoms with Crippen LogP contribution in [0.5, 0.6) is 5.75 Å². The Morgan fingerprint density at radius 1 is 1.09 bits per heavy atom. The van der Waals surface area contributed by atoms with E-state index >= 15 is 0 Å². The van der Waals surface area contributed by atoms with Gasteiger partial charge in [0.1, 0.15) is 16.5 Å². The first-order valence-corrected chi connectivity index (χ1v) is 12.3. The monoisotopic (exact) mass is 595 g/mol. The van der Waals surface area contributed by atoms with E-state index in [1.807, 2.05) is 0 Å². The number of nitro benzene ring substituents is 1. The van der Waals surface area contributed by atoms with Crippen molar-refractivity contribution in [3.05, 3.63) is 96.4 Å². The fourth-order valence-electron chi connectivity index (χ4n) is 2.66. The molecule has 0 aliphatic carbocycles. The van der Waals surface area contributed by atoms with Gasteiger partial charge in [0.2, 0.25) is 0 Å². The van der Waals surface area contributed by atoms with E-state index in [1.165, 1.54) is 42.5 Å². The summed E-state index contributed by atoms with van der Waals surface area (Å²) in [6.07, 6.45) is 1.30. The van der Waals surface area contributed by atoms with Crippen molar-refractivity contribution >= 4 is 72.6 Å². The highest BCUT2D eigenvalue weighted by Gasteiger charge is 2.20. The number of anilines is 1. The van der Waals surface area contributed by atoms with Gasteiger partial charge in [-0.1, -0.05) is 29.3 Å². The molecule has 9 nitrogen and oxygen atoms in total. The highest BCUT2D eigenvalue weighted by molar-refractivity contribution is 9.10. The zero-order valence-corrected chi connectivity index (χ0v) is 21.2. The molecule has 0 unspecified atom stereocenters. The quantitative estimate of drug-likeness (QED) is 0.116. The van der Waals surface area contributed by atoms with Crippen LogP contribution >= 0.6 is 39.1 Å². The van der Waals surface area contributed by atoms with Crippen molar-refractivity contribution < 1.29 is 22.3 Å². The molecule has 0 saturated heterocycles. The third-order valence-corrected chi connectivity index (χ3v) is 6.95. The van der Waals surface area contributed by atoms with Crippen LogP contribution in [-0.2, 0) is 14.9 Å². The number of nitrogens with zero attached hydrogens (tertiary/aromatic N) is 2. The predicted octanol–water partition coefficient (Wildman–Crippen LogP) is 5.98. The van der Waals surface area contributed by atoms with E-state index in [9.17, 15) is 28.6 Å². The van der Waals surface area contributed by atoms with Crippen molar-refractivity contribution in [2.24, 2.45) is 0 Å². The predicted molar refractivity (Wildman–Crippen MR) is 134 cm³/mol. The summed E-state index contributed by atoms with van der Waals surface area (Å²) >= 11 is 15.0. The summed E-state index contributed by atoms with van der Waals surface area (Å²) < 4.78 is 30.4. The molecule has 178 valence electrons. The Kier molecular flexibility index (Phi) is 8.14. The van der Waals surface area contributed by atoms with Crippen molar-refractivity contribution in [1.29, 1.82) is 5.26 Å². The van der Waals surface area contributed by atoms with E-state index in [4.69, 9.17) is 27.4 Å². The fourth-order valence-corrected chi connectivity index (χ4v) is 4.49. The summed E-state index contributed by atoms with van der Waals surface area (Å²) in [6.45, 7) is 0. The van der Waals surface area contributed by atoms with Gasteiger partial charge in [0.15, 0.2) is 5.75 Å². The smallest absolute Gasteiger partial charge is 0.339 e. The molecule has 0 saturated carbocycles. The Balaban J connectivity index is 1.79. The van der Waals surface area contributed by atoms with Gasteiger partial charge >= 0.3 is 10.1 Å². The first kappa shape index (κ1) is 26.2. The van der Waals surface area contributed by atoms with Gasteiger partial charge in [-0.05, 0) is 70.0 Å². The minimum atomic E-state index is -4.28. The number of carbonyl (C=O) groups is 1. The maximum absolute atomic E-state index is 12.5. The van der Waals surface area contributed by atoms with Crippen LogP contribution in [0.15, 0.2) is 75.6 Å². The summed E-state index contributed by atoms with van der Waals surface area (Å²) in [6, 6.07) is 14.7. The number of rotatable bonds is 7. The third kappa shape index (κ3) is 6.58. The van der Waals surface area contributed by atoms with E-state index in [0.717, 1.165) is 24.3 Å². The normalized spacial score (nSPS) is 11.4. The molecule has 0 heterocycles. The van der Waals surface area contributed by atoms with Crippen molar-refractivity contribution in [2.75, 3.05) is 5.32 Å². The summed E-state index contributed by atoms with van der Waals surface area (Å²) in [7, 11) is -4.28. The number of nitrogens with one attached hydrogen (secondary N) is 1. The maximum Gasteiger partial charge on any atom is 0.339 e. The number of hydrogen-bond acceptors (Lipinski definition) is 7. The summed E-state index contributed by atoms with van der Waals surface area (Å²) in [5.74, 6) is -0.762. The van der Waals surface area contributed by atoms with Gasteiger partial charge in [0.25, 0.3) is 11.6 Å². The molecule has 0 aromatic heterocycles. The average molecular weight is 597 g/mol. The molecule has 0 fully saturated rings. The number of hydrogen-bond donors (Lipinski definition) is 1. The number of nitriles is 1. The molecule has 3 rings (SSSR count). The zero-order chi connectivity index (χ0) is 25.8. The number of nitro groups is 1. The number of benzene rings is 3. The van der Waals surface area contributed by atoms with Crippen LogP contribution in [0.4, 0.5) is 11.4 Å². The van der Waals surface area contributed by atoms with Crippen LogP contribution in [-0.4, -0.2) is 19.2 Å². The summed E-state index contributed by atoms with van der Waals surface area (Å²) in [5.41, 5.74) is 0.248. The molecular weight excluding hydrogens is 585 g/mol. The molecule has 1 N–H and O–H groups in total. The molecule has 0 aliphatic heterocycles. The minimum absolute atomic E-state index is 0.0701. The van der Waals surface area contributed by atoms with Gasteiger partial charge in [-0.3, -0.25) is 14.9 Å². The second kappa shape index (κ2) is 10.9. The Morgan fingerprint density at radius 2 is 1.77 bits per heavy atom. The molecule has 0 bridgehead atoms. The molecule has 0 atom stereocenters. The van der Waals surface area contributed by atoms with E-state index in [2.05, 4.69) is 21.2 Å². The van der Waals surface area contributed by atoms with Crippen LogP contribution in [0.3, 0.4) is 0 Å². The average Bonchev–Trinajstić information content (AvgIpc) is 2.81. The van der Waals surface area contributed by atoms with E-state index in [1.54, 1.807) is 6.07 Å². The standard InChI is InChI=1S/C22H12BrCl2N3O6S/c23-18-10-13(9-14(12-26)22(29)27-15-2-7-19(24)20(25)11-15)1-8-21(18)34-35(32,33)17-5-3-16(4-6-17)28(30)31/h1-11H,(H,27,29)/b14-9-. The Morgan fingerprint density at radius 3 is 2.34 bits per heavy atom. The summed E-state index contributed by atoms with van der Waals surface area (Å²) in [5, 5.41) is 23.2. The Labute approximate surface area is 217 Å². The second-order valence-electron chi connectivity index (χ2n) is 6.73. The van der Waals surface area contributed by atoms with Gasteiger partial charge in [-0.15, -0.1) is 0 Å². The maximum atomic E-state index is 12.5. The van der Waals surface area contributed by atoms with E-state index < -0.39 is 20.9 Å². The van der Waals surface area contributed by atoms with E-state index in [-0.39, 0.29) is 31.4 Å². The molecule has 35 heavy (non-hydrogen) atoms. The highest BCUT2D eigenvalue weighted by Crippen LogP contribution is 2.30. The lowest BCUT2D eigenvalue weighted by atomic mass is 10.1. The lowest BCUT2D eigenvalue weighted by Gasteiger charge is -2.09. The molecule has 0 radical (unpaired) electrons. The minimum Gasteiger partial charge on any atom is -0.378 e. The van der Waals surface area contributed by atoms with Gasteiger partial charge < -0.3 is 9.50 Å². The summed E-state index contributed by atoms with van der Waals surface area (Å²) in [4.78, 5) is 22.3. The van der Waals surface area contributed by atoms with Crippen LogP contribution < -0.4 is 9.50 Å². The third-order valence-electron chi connectivity index (χ3n) is 4.35. The van der Waals surface area contributed by atoms with Gasteiger partial charge in [-0.2, -0.15) is 13.7 Å². The van der Waals surface area contributed by atoms with Crippen molar-refractivity contribution in [2.45, 2.75) is 4.90 Å². The van der Waals surface area contributed by atoms with Crippen molar-refractivity contribution in [3.63, 3.8) is 0 Å². The van der Waals surface area contributed by atoms with Crippen molar-refractivity contribution in [3.8, 4) is 11.8 Å². The van der Waals surface area contributed by atoms with Crippen LogP contribution in [0.2, 0.25) is 10.0 Å². The van der Waals surface area contributed by atoms with Crippen molar-refractivity contribution in [1.82, 2.24) is 0 Å². The SMILES string of the molecule is N#C/C(=C/c1ccc(OS(=O)(=O)c2ccc([N+](=O)[O-])cc2)c(Br)c1)C(=O)Nc1ccc(Cl)c(Cl)c1. The Bertz CT molecular complexity index is 1500. The number of carbonyl (C=O) groups excluding carboxylic acids is 1. The fraction of sp³-hybridized carbons (Fsp3) is 0. The Hall–Kier alpha value is -3.43. The molecule has 0 aliphatic rings. The van der Waals surface area contributed by atoms with Crippen LogP contribution in [0.1, 0.15) is 5.56 Å². The molecule has 0 spiro atoms. The molecule has 13 heteroatoms. The molecule has 1 amide bonds. The topological polar surface area (TPSA) is 139 Å². The second-order valence-corrected chi connectivity index (χ2v) is 9.95. The number of amides is 1. The van der Waals surface area contributed by atoms with Gasteiger partial charge in [0.05, 0.1) is 19.4 Å².